The first-order chi connectivity index (χ1) is 26.3. The highest BCUT2D eigenvalue weighted by atomic mass is 15.1. The predicted molar refractivity (Wildman–Crippen MR) is 226 cm³/mol. The molecule has 1 aliphatic heterocycles. The van der Waals surface area contributed by atoms with Crippen molar-refractivity contribution in [1.82, 2.24) is 0 Å². The fourth-order valence-corrected chi connectivity index (χ4v) is 8.65. The summed E-state index contributed by atoms with van der Waals surface area (Å²) in [5, 5.41) is 10.3. The van der Waals surface area contributed by atoms with Crippen LogP contribution in [-0.4, -0.2) is 0 Å². The van der Waals surface area contributed by atoms with Gasteiger partial charge in [-0.3, -0.25) is 0 Å². The van der Waals surface area contributed by atoms with Gasteiger partial charge in [0.25, 0.3) is 0 Å². The molecule has 1 heterocycles. The number of benzene rings is 10. The van der Waals surface area contributed by atoms with Crippen LogP contribution in [0, 0.1) is 0 Å². The molecule has 10 aromatic rings. The van der Waals surface area contributed by atoms with Crippen LogP contribution in [0.25, 0.3) is 87.6 Å². The van der Waals surface area contributed by atoms with Crippen LogP contribution in [0.5, 0.6) is 0 Å². The molecular formula is C52H33N. The van der Waals surface area contributed by atoms with E-state index in [4.69, 9.17) is 0 Å². The van der Waals surface area contributed by atoms with E-state index < -0.39 is 0 Å². The standard InChI is InChI=1S/C52H33N/c1-2-14-40(15-3-1)53-51-21-11-10-20-47(51)49-32-37(36-23-22-34-12-4-5-13-35(34)30-36)25-28-46(49)50-33-39(26-29-52(50)53)38-24-27-45-43-18-7-6-16-41(43)42-17-8-9-19-44(42)48(45)31-38/h1-33H. The average molecular weight is 672 g/mol. The summed E-state index contributed by atoms with van der Waals surface area (Å²) in [4.78, 5) is 2.43. The van der Waals surface area contributed by atoms with E-state index in [2.05, 4.69) is 205 Å². The van der Waals surface area contributed by atoms with Gasteiger partial charge in [-0.2, -0.15) is 0 Å². The van der Waals surface area contributed by atoms with Crippen molar-refractivity contribution in [3.05, 3.63) is 200 Å². The number of hydrogen-bond acceptors (Lipinski definition) is 1. The summed E-state index contributed by atoms with van der Waals surface area (Å²) in [5.74, 6) is 0. The molecule has 0 saturated heterocycles. The first kappa shape index (κ1) is 29.7. The zero-order chi connectivity index (χ0) is 34.9. The summed E-state index contributed by atoms with van der Waals surface area (Å²) in [5.41, 5.74) is 13.2. The first-order valence-electron chi connectivity index (χ1n) is 18.3. The summed E-state index contributed by atoms with van der Waals surface area (Å²) in [7, 11) is 0. The van der Waals surface area contributed by atoms with Crippen LogP contribution >= 0.6 is 0 Å². The minimum absolute atomic E-state index is 1.14. The van der Waals surface area contributed by atoms with Gasteiger partial charge in [-0.05, 0) is 125 Å². The van der Waals surface area contributed by atoms with Crippen molar-refractivity contribution in [1.29, 1.82) is 0 Å². The Morgan fingerprint density at radius 1 is 0.245 bits per heavy atom. The summed E-state index contributed by atoms with van der Waals surface area (Å²) >= 11 is 0. The summed E-state index contributed by atoms with van der Waals surface area (Å²) < 4.78 is 0. The summed E-state index contributed by atoms with van der Waals surface area (Å²) in [6, 6.07) is 73.8. The number of para-hydroxylation sites is 2. The highest BCUT2D eigenvalue weighted by Crippen LogP contribution is 2.52. The number of nitrogens with zero attached hydrogens (tertiary/aromatic N) is 1. The Morgan fingerprint density at radius 3 is 1.53 bits per heavy atom. The van der Waals surface area contributed by atoms with Crippen molar-refractivity contribution >= 4 is 60.2 Å². The monoisotopic (exact) mass is 671 g/mol. The molecule has 0 fully saturated rings. The van der Waals surface area contributed by atoms with Gasteiger partial charge in [-0.15, -0.1) is 0 Å². The second-order valence-electron chi connectivity index (χ2n) is 14.1. The molecule has 1 heteroatoms. The number of anilines is 3. The van der Waals surface area contributed by atoms with Crippen LogP contribution < -0.4 is 4.90 Å². The van der Waals surface area contributed by atoms with E-state index >= 15 is 0 Å². The second kappa shape index (κ2) is 11.8. The molecule has 11 rings (SSSR count). The highest BCUT2D eigenvalue weighted by Gasteiger charge is 2.27. The van der Waals surface area contributed by atoms with Crippen molar-refractivity contribution in [2.24, 2.45) is 0 Å². The largest absolute Gasteiger partial charge is 0.309 e. The molecule has 0 amide bonds. The lowest BCUT2D eigenvalue weighted by Crippen LogP contribution is -2.10. The van der Waals surface area contributed by atoms with Crippen molar-refractivity contribution in [3.63, 3.8) is 0 Å². The second-order valence-corrected chi connectivity index (χ2v) is 14.1. The number of hydrogen-bond donors (Lipinski definition) is 0. The molecule has 0 spiro atoms. The van der Waals surface area contributed by atoms with E-state index in [1.165, 1.54) is 99.0 Å². The van der Waals surface area contributed by atoms with Gasteiger partial charge >= 0.3 is 0 Å². The highest BCUT2D eigenvalue weighted by molar-refractivity contribution is 6.25. The molecule has 0 saturated carbocycles. The SMILES string of the molecule is c1ccc(N2c3ccccc3-c3cc(-c4ccc5ccccc5c4)ccc3-c3cc(-c4ccc5c6ccccc6c6ccccc6c5c4)ccc32)cc1. The molecule has 246 valence electrons. The summed E-state index contributed by atoms with van der Waals surface area (Å²) in [6.45, 7) is 0. The molecule has 0 unspecified atom stereocenters. The van der Waals surface area contributed by atoms with Crippen LogP contribution in [-0.2, 0) is 0 Å². The molecule has 0 N–H and O–H groups in total. The topological polar surface area (TPSA) is 3.24 Å². The van der Waals surface area contributed by atoms with E-state index in [9.17, 15) is 0 Å². The normalized spacial score (nSPS) is 12.1. The third-order valence-corrected chi connectivity index (χ3v) is 11.2. The minimum atomic E-state index is 1.14. The average Bonchev–Trinajstić information content (AvgIpc) is 3.36. The van der Waals surface area contributed by atoms with E-state index in [1.807, 2.05) is 0 Å². The van der Waals surface area contributed by atoms with Crippen molar-refractivity contribution in [3.8, 4) is 44.5 Å². The van der Waals surface area contributed by atoms with Gasteiger partial charge in [-0.1, -0.05) is 152 Å². The molecule has 53 heavy (non-hydrogen) atoms. The summed E-state index contributed by atoms with van der Waals surface area (Å²) in [6.07, 6.45) is 0. The molecule has 0 radical (unpaired) electrons. The molecule has 1 nitrogen and oxygen atoms in total. The van der Waals surface area contributed by atoms with Crippen molar-refractivity contribution < 1.29 is 0 Å². The zero-order valence-corrected chi connectivity index (χ0v) is 29.0. The molecule has 0 bridgehead atoms. The van der Waals surface area contributed by atoms with Crippen molar-refractivity contribution in [2.45, 2.75) is 0 Å². The third-order valence-electron chi connectivity index (χ3n) is 11.2. The zero-order valence-electron chi connectivity index (χ0n) is 29.0. The fraction of sp³-hybridized carbons (Fsp3) is 0. The molecule has 0 aromatic heterocycles. The molecule has 1 aliphatic rings. The first-order valence-corrected chi connectivity index (χ1v) is 18.3. The maximum absolute atomic E-state index is 2.43. The Morgan fingerprint density at radius 2 is 0.755 bits per heavy atom. The van der Waals surface area contributed by atoms with Crippen LogP contribution in [0.2, 0.25) is 0 Å². The van der Waals surface area contributed by atoms with E-state index in [1.54, 1.807) is 0 Å². The molecule has 10 aromatic carbocycles. The van der Waals surface area contributed by atoms with Gasteiger partial charge in [-0.25, -0.2) is 0 Å². The quantitative estimate of drug-likeness (QED) is 0.169. The van der Waals surface area contributed by atoms with Crippen LogP contribution in [0.3, 0.4) is 0 Å². The number of rotatable bonds is 3. The van der Waals surface area contributed by atoms with E-state index in [-0.39, 0.29) is 0 Å². The van der Waals surface area contributed by atoms with Gasteiger partial charge in [0.1, 0.15) is 0 Å². The molecule has 0 atom stereocenters. The van der Waals surface area contributed by atoms with Crippen LogP contribution in [0.15, 0.2) is 200 Å². The van der Waals surface area contributed by atoms with E-state index in [0.29, 0.717) is 0 Å². The minimum Gasteiger partial charge on any atom is -0.309 e. The van der Waals surface area contributed by atoms with Crippen LogP contribution in [0.1, 0.15) is 0 Å². The smallest absolute Gasteiger partial charge is 0.0540 e. The Bertz CT molecular complexity index is 3030. The maximum atomic E-state index is 2.43. The van der Waals surface area contributed by atoms with Crippen LogP contribution in [0.4, 0.5) is 17.1 Å². The van der Waals surface area contributed by atoms with Gasteiger partial charge in [0.05, 0.1) is 11.4 Å². The fourth-order valence-electron chi connectivity index (χ4n) is 8.65. The molecule has 0 aliphatic carbocycles. The lowest BCUT2D eigenvalue weighted by atomic mass is 9.89. The predicted octanol–water partition coefficient (Wildman–Crippen LogP) is 14.8. The van der Waals surface area contributed by atoms with Crippen molar-refractivity contribution in [2.75, 3.05) is 4.90 Å². The van der Waals surface area contributed by atoms with Gasteiger partial charge < -0.3 is 4.90 Å². The van der Waals surface area contributed by atoms with Gasteiger partial charge in [0, 0.05) is 16.8 Å². The Hall–Kier alpha value is -6.96. The van der Waals surface area contributed by atoms with E-state index in [0.717, 1.165) is 5.69 Å². The number of fused-ring (bicyclic) bond motifs is 12. The lowest BCUT2D eigenvalue weighted by Gasteiger charge is -2.27. The molecular weight excluding hydrogens is 639 g/mol. The third kappa shape index (κ3) is 4.71. The maximum Gasteiger partial charge on any atom is 0.0540 e. The Labute approximate surface area is 308 Å². The lowest BCUT2D eigenvalue weighted by molar-refractivity contribution is 1.29. The van der Waals surface area contributed by atoms with Gasteiger partial charge in [0.2, 0.25) is 0 Å². The van der Waals surface area contributed by atoms with Gasteiger partial charge in [0.15, 0.2) is 0 Å². The Balaban J connectivity index is 1.15. The Kier molecular flexibility index (Phi) is 6.62.